The average molecular weight is 281 g/mol. The Morgan fingerprint density at radius 2 is 2.15 bits per heavy atom. The third-order valence-electron chi connectivity index (χ3n) is 2.88. The molecule has 1 rings (SSSR count). The van der Waals surface area contributed by atoms with Crippen molar-refractivity contribution in [2.24, 2.45) is 5.92 Å². The molecule has 1 atom stereocenters. The fraction of sp³-hybridized carbons (Fsp3) is 0.643. The summed E-state index contributed by atoms with van der Waals surface area (Å²) in [6.45, 7) is 6.02. The molecule has 0 spiro atoms. The molecule has 0 bridgehead atoms. The van der Waals surface area contributed by atoms with E-state index in [0.29, 0.717) is 12.1 Å². The lowest BCUT2D eigenvalue weighted by atomic mass is 10.0. The highest BCUT2D eigenvalue weighted by Gasteiger charge is 2.24. The first kappa shape index (κ1) is 16.2. The van der Waals surface area contributed by atoms with Gasteiger partial charge in [-0.1, -0.05) is 27.2 Å². The van der Waals surface area contributed by atoms with Crippen molar-refractivity contribution < 1.29 is 14.3 Å². The molecule has 0 radical (unpaired) electrons. The molecule has 2 N–H and O–H groups in total. The molecule has 1 unspecified atom stereocenters. The van der Waals surface area contributed by atoms with E-state index in [4.69, 9.17) is 4.74 Å². The lowest BCUT2D eigenvalue weighted by Crippen LogP contribution is -2.42. The van der Waals surface area contributed by atoms with E-state index in [1.54, 1.807) is 6.07 Å². The number of carbonyl (C=O) groups is 2. The Hall–Kier alpha value is -1.85. The Bertz CT molecular complexity index is 454. The van der Waals surface area contributed by atoms with Crippen LogP contribution in [-0.2, 0) is 16.0 Å². The number of aromatic amines is 1. The number of methoxy groups -OCH3 is 1. The van der Waals surface area contributed by atoms with Crippen LogP contribution in [0.15, 0.2) is 6.07 Å². The molecule has 6 nitrogen and oxygen atoms in total. The topological polar surface area (TPSA) is 84.1 Å². The highest BCUT2D eigenvalue weighted by atomic mass is 16.5. The van der Waals surface area contributed by atoms with Crippen LogP contribution in [0.4, 0.5) is 0 Å². The summed E-state index contributed by atoms with van der Waals surface area (Å²) in [5, 5.41) is 9.46. The van der Waals surface area contributed by atoms with Gasteiger partial charge in [0.1, 0.15) is 11.7 Å². The van der Waals surface area contributed by atoms with E-state index >= 15 is 0 Å². The zero-order valence-corrected chi connectivity index (χ0v) is 12.5. The van der Waals surface area contributed by atoms with E-state index in [0.717, 1.165) is 18.5 Å². The van der Waals surface area contributed by atoms with Gasteiger partial charge < -0.3 is 10.1 Å². The highest BCUT2D eigenvalue weighted by Crippen LogP contribution is 2.08. The third-order valence-corrected chi connectivity index (χ3v) is 2.88. The normalized spacial score (nSPS) is 12.2. The van der Waals surface area contributed by atoms with Crippen molar-refractivity contribution in [1.29, 1.82) is 0 Å². The summed E-state index contributed by atoms with van der Waals surface area (Å²) in [6.07, 6.45) is 2.35. The maximum atomic E-state index is 12.1. The monoisotopic (exact) mass is 281 g/mol. The van der Waals surface area contributed by atoms with Gasteiger partial charge in [0.05, 0.1) is 7.11 Å². The summed E-state index contributed by atoms with van der Waals surface area (Å²) in [4.78, 5) is 23.7. The van der Waals surface area contributed by atoms with Crippen molar-refractivity contribution >= 4 is 11.9 Å². The second-order valence-electron chi connectivity index (χ2n) is 5.21. The minimum Gasteiger partial charge on any atom is -0.467 e. The summed E-state index contributed by atoms with van der Waals surface area (Å²) in [5.41, 5.74) is 1.21. The minimum absolute atomic E-state index is 0.272. The predicted octanol–water partition coefficient (Wildman–Crippen LogP) is 1.68. The van der Waals surface area contributed by atoms with Crippen molar-refractivity contribution in [3.05, 3.63) is 17.5 Å². The van der Waals surface area contributed by atoms with Gasteiger partial charge in [-0.2, -0.15) is 5.10 Å². The summed E-state index contributed by atoms with van der Waals surface area (Å²) in [7, 11) is 1.32. The first-order chi connectivity index (χ1) is 9.47. The number of carbonyl (C=O) groups excluding carboxylic acids is 2. The minimum atomic E-state index is -0.640. The van der Waals surface area contributed by atoms with Gasteiger partial charge in [0.15, 0.2) is 0 Å². The molecule has 112 valence electrons. The summed E-state index contributed by atoms with van der Waals surface area (Å²) >= 11 is 0. The van der Waals surface area contributed by atoms with Crippen LogP contribution in [0.3, 0.4) is 0 Å². The standard InChI is InChI=1S/C14H23N3O3/c1-5-6-10-8-11(17-16-10)13(18)15-12(7-9(2)3)14(19)20-4/h8-9,12H,5-7H2,1-4H3,(H,15,18)(H,16,17). The lowest BCUT2D eigenvalue weighted by Gasteiger charge is -2.17. The van der Waals surface area contributed by atoms with Crippen molar-refractivity contribution in [3.63, 3.8) is 0 Å². The van der Waals surface area contributed by atoms with Crippen LogP contribution in [-0.4, -0.2) is 35.2 Å². The van der Waals surface area contributed by atoms with Crippen molar-refractivity contribution in [2.75, 3.05) is 7.11 Å². The molecule has 0 saturated carbocycles. The number of nitrogens with zero attached hydrogens (tertiary/aromatic N) is 1. The first-order valence-corrected chi connectivity index (χ1v) is 6.90. The Morgan fingerprint density at radius 3 is 2.70 bits per heavy atom. The van der Waals surface area contributed by atoms with Gasteiger partial charge in [0, 0.05) is 5.69 Å². The third kappa shape index (κ3) is 4.68. The Kier molecular flexibility index (Phi) is 6.21. The number of aryl methyl sites for hydroxylation is 1. The van der Waals surface area contributed by atoms with Gasteiger partial charge >= 0.3 is 5.97 Å². The zero-order chi connectivity index (χ0) is 15.1. The number of esters is 1. The van der Waals surface area contributed by atoms with Crippen LogP contribution >= 0.6 is 0 Å². The smallest absolute Gasteiger partial charge is 0.328 e. The van der Waals surface area contributed by atoms with Crippen LogP contribution in [0.25, 0.3) is 0 Å². The van der Waals surface area contributed by atoms with E-state index in [2.05, 4.69) is 22.4 Å². The molecule has 1 aromatic rings. The molecule has 20 heavy (non-hydrogen) atoms. The van der Waals surface area contributed by atoms with Gasteiger partial charge in [-0.15, -0.1) is 0 Å². The van der Waals surface area contributed by atoms with Crippen molar-refractivity contribution in [1.82, 2.24) is 15.5 Å². The molecular weight excluding hydrogens is 258 g/mol. The van der Waals surface area contributed by atoms with E-state index in [-0.39, 0.29) is 11.8 Å². The van der Waals surface area contributed by atoms with Crippen LogP contribution in [0.2, 0.25) is 0 Å². The number of hydrogen-bond donors (Lipinski definition) is 2. The van der Waals surface area contributed by atoms with Crippen LogP contribution in [0, 0.1) is 5.92 Å². The summed E-state index contributed by atoms with van der Waals surface area (Å²) < 4.78 is 4.71. The largest absolute Gasteiger partial charge is 0.467 e. The maximum absolute atomic E-state index is 12.1. The maximum Gasteiger partial charge on any atom is 0.328 e. The second kappa shape index (κ2) is 7.67. The Morgan fingerprint density at radius 1 is 1.45 bits per heavy atom. The molecule has 0 aliphatic rings. The van der Waals surface area contributed by atoms with Gasteiger partial charge in [-0.05, 0) is 24.8 Å². The number of amides is 1. The Labute approximate surface area is 119 Å². The van der Waals surface area contributed by atoms with Gasteiger partial charge in [-0.25, -0.2) is 4.79 Å². The van der Waals surface area contributed by atoms with Crippen LogP contribution in [0.5, 0.6) is 0 Å². The van der Waals surface area contributed by atoms with Gasteiger partial charge in [0.2, 0.25) is 0 Å². The van der Waals surface area contributed by atoms with Crippen LogP contribution in [0.1, 0.15) is 49.8 Å². The fourth-order valence-electron chi connectivity index (χ4n) is 1.94. The number of rotatable bonds is 7. The molecule has 0 aliphatic heterocycles. The van der Waals surface area contributed by atoms with Crippen LogP contribution < -0.4 is 5.32 Å². The molecule has 0 aliphatic carbocycles. The highest BCUT2D eigenvalue weighted by molar-refractivity contribution is 5.95. The van der Waals surface area contributed by atoms with Gasteiger partial charge in [0.25, 0.3) is 5.91 Å². The molecule has 1 heterocycles. The van der Waals surface area contributed by atoms with E-state index < -0.39 is 12.0 Å². The zero-order valence-electron chi connectivity index (χ0n) is 12.5. The Balaban J connectivity index is 2.71. The molecule has 0 fully saturated rings. The van der Waals surface area contributed by atoms with E-state index in [1.165, 1.54) is 7.11 Å². The molecule has 1 aromatic heterocycles. The number of hydrogen-bond acceptors (Lipinski definition) is 4. The number of ether oxygens (including phenoxy) is 1. The number of nitrogens with one attached hydrogen (secondary N) is 2. The average Bonchev–Trinajstić information content (AvgIpc) is 2.85. The molecule has 6 heteroatoms. The second-order valence-corrected chi connectivity index (χ2v) is 5.21. The molecule has 1 amide bonds. The predicted molar refractivity (Wildman–Crippen MR) is 75.3 cm³/mol. The molecular formula is C14H23N3O3. The van der Waals surface area contributed by atoms with E-state index in [1.807, 2.05) is 13.8 Å². The SMILES string of the molecule is CCCc1cc(C(=O)NC(CC(C)C)C(=O)OC)n[nH]1. The van der Waals surface area contributed by atoms with Gasteiger partial charge in [-0.3, -0.25) is 9.89 Å². The molecule has 0 aromatic carbocycles. The first-order valence-electron chi connectivity index (χ1n) is 6.90. The lowest BCUT2D eigenvalue weighted by molar-refractivity contribution is -0.143. The summed E-state index contributed by atoms with van der Waals surface area (Å²) in [5.74, 6) is -0.523. The molecule has 0 saturated heterocycles. The summed E-state index contributed by atoms with van der Waals surface area (Å²) in [6, 6.07) is 1.07. The van der Waals surface area contributed by atoms with Crippen molar-refractivity contribution in [2.45, 2.75) is 46.1 Å². The quantitative estimate of drug-likeness (QED) is 0.745. The number of aromatic nitrogens is 2. The van der Waals surface area contributed by atoms with E-state index in [9.17, 15) is 9.59 Å². The van der Waals surface area contributed by atoms with Crippen molar-refractivity contribution in [3.8, 4) is 0 Å². The number of H-pyrrole nitrogens is 1. The fourth-order valence-corrected chi connectivity index (χ4v) is 1.94.